The Morgan fingerprint density at radius 3 is 2.40 bits per heavy atom. The van der Waals surface area contributed by atoms with Crippen molar-refractivity contribution in [3.05, 3.63) is 131 Å². The molecule has 0 aliphatic rings. The molecule has 0 bridgehead atoms. The van der Waals surface area contributed by atoms with E-state index < -0.39 is 0 Å². The fraction of sp³-hybridized carbons (Fsp3) is 0.238. The Hall–Kier alpha value is -4.47. The summed E-state index contributed by atoms with van der Waals surface area (Å²) in [7, 11) is 0. The summed E-state index contributed by atoms with van der Waals surface area (Å²) in [6.45, 7) is 13.0. The van der Waals surface area contributed by atoms with Gasteiger partial charge in [-0.25, -0.2) is 4.98 Å². The first kappa shape index (κ1) is 33.4. The van der Waals surface area contributed by atoms with Crippen LogP contribution in [0.25, 0.3) is 44.4 Å². The summed E-state index contributed by atoms with van der Waals surface area (Å²) in [4.78, 5) is 4.76. The first-order valence-corrected chi connectivity index (χ1v) is 16.6. The van der Waals surface area contributed by atoms with Gasteiger partial charge in [0.25, 0.3) is 0 Å². The van der Waals surface area contributed by atoms with Gasteiger partial charge in [-0.1, -0.05) is 88.0 Å². The maximum absolute atomic E-state index is 6.62. The van der Waals surface area contributed by atoms with Gasteiger partial charge in [-0.3, -0.25) is 4.68 Å². The van der Waals surface area contributed by atoms with Crippen LogP contribution >= 0.6 is 0 Å². The number of unbranched alkanes of at least 4 members (excludes halogenated alkanes) is 1. The molecule has 0 N–H and O–H groups in total. The zero-order valence-corrected chi connectivity index (χ0v) is 30.6. The van der Waals surface area contributed by atoms with Crippen LogP contribution in [-0.4, -0.2) is 19.3 Å². The number of ether oxygens (including phenoxy) is 1. The molecule has 6 heteroatoms. The summed E-state index contributed by atoms with van der Waals surface area (Å²) in [6, 6.07) is 37.0. The number of rotatable bonds is 9. The Kier molecular flexibility index (Phi) is 9.71. The van der Waals surface area contributed by atoms with Crippen molar-refractivity contribution >= 4 is 21.8 Å². The van der Waals surface area contributed by atoms with E-state index in [1.807, 2.05) is 29.1 Å². The second kappa shape index (κ2) is 13.9. The van der Waals surface area contributed by atoms with Crippen molar-refractivity contribution in [1.29, 1.82) is 0 Å². The summed E-state index contributed by atoms with van der Waals surface area (Å²) < 4.78 is 10.8. The predicted molar refractivity (Wildman–Crippen MR) is 192 cm³/mol. The van der Waals surface area contributed by atoms with Crippen LogP contribution in [0.1, 0.15) is 67.6 Å². The van der Waals surface area contributed by atoms with Crippen LogP contribution in [0.15, 0.2) is 91.1 Å². The zero-order chi connectivity index (χ0) is 32.7. The molecule has 7 aromatic rings. The third-order valence-electron chi connectivity index (χ3n) is 8.98. The molecule has 0 aliphatic heterocycles. The number of aryl methyl sites for hydroxylation is 3. The molecule has 7 rings (SSSR count). The molecule has 0 saturated heterocycles. The average Bonchev–Trinajstić information content (AvgIpc) is 3.56. The number of benzene rings is 4. The van der Waals surface area contributed by atoms with Crippen molar-refractivity contribution < 1.29 is 25.8 Å². The van der Waals surface area contributed by atoms with Crippen molar-refractivity contribution in [2.24, 2.45) is 0 Å². The van der Waals surface area contributed by atoms with Crippen molar-refractivity contribution in [2.45, 2.75) is 66.7 Å². The summed E-state index contributed by atoms with van der Waals surface area (Å²) in [5.41, 5.74) is 10.9. The molecule has 3 aromatic heterocycles. The molecule has 0 spiro atoms. The van der Waals surface area contributed by atoms with E-state index in [4.69, 9.17) is 14.8 Å². The number of nitrogens with zero attached hydrogens (tertiary/aromatic N) is 4. The van der Waals surface area contributed by atoms with Crippen LogP contribution in [0.3, 0.4) is 0 Å². The SMILES string of the molecule is CCCCc1cc(Oc2[c-]c3c(cc2)c2cc(C(C)C)ccc2n3-c2cc(C)ccn2)[c-]c(-n2nc(C)c(-c3ccccc3)c2C)c1.[Pt+2]. The van der Waals surface area contributed by atoms with Gasteiger partial charge in [0.15, 0.2) is 0 Å². The number of hydrogen-bond donors (Lipinski definition) is 0. The fourth-order valence-electron chi connectivity index (χ4n) is 6.54. The van der Waals surface area contributed by atoms with Gasteiger partial charge in [0.1, 0.15) is 5.82 Å². The monoisotopic (exact) mass is 811 g/mol. The summed E-state index contributed by atoms with van der Waals surface area (Å²) in [6.07, 6.45) is 5.03. The Morgan fingerprint density at radius 1 is 0.833 bits per heavy atom. The van der Waals surface area contributed by atoms with Gasteiger partial charge in [0, 0.05) is 34.5 Å². The van der Waals surface area contributed by atoms with E-state index in [1.54, 1.807) is 0 Å². The van der Waals surface area contributed by atoms with Crippen molar-refractivity contribution in [3.63, 3.8) is 0 Å². The van der Waals surface area contributed by atoms with Gasteiger partial charge in [0.05, 0.1) is 5.69 Å². The summed E-state index contributed by atoms with van der Waals surface area (Å²) in [5.74, 6) is 2.57. The molecule has 0 saturated carbocycles. The molecular weight excluding hydrogens is 772 g/mol. The Bertz CT molecular complexity index is 2230. The van der Waals surface area contributed by atoms with Gasteiger partial charge in [-0.05, 0) is 72.7 Å². The molecule has 3 heterocycles. The van der Waals surface area contributed by atoms with E-state index in [9.17, 15) is 0 Å². The first-order chi connectivity index (χ1) is 22.8. The number of fused-ring (bicyclic) bond motifs is 3. The molecule has 0 fully saturated rings. The Balaban J connectivity index is 0.00000401. The maximum atomic E-state index is 6.62. The number of hydrogen-bond acceptors (Lipinski definition) is 3. The molecule has 0 aliphatic carbocycles. The minimum Gasteiger partial charge on any atom is -0.509 e. The minimum atomic E-state index is 0. The zero-order valence-electron chi connectivity index (χ0n) is 28.4. The van der Waals surface area contributed by atoms with Crippen LogP contribution in [0.4, 0.5) is 0 Å². The smallest absolute Gasteiger partial charge is 0.509 e. The van der Waals surface area contributed by atoms with E-state index in [-0.39, 0.29) is 21.1 Å². The number of aromatic nitrogens is 4. The molecule has 0 unspecified atom stereocenters. The average molecular weight is 812 g/mol. The van der Waals surface area contributed by atoms with E-state index in [1.165, 1.54) is 16.5 Å². The Labute approximate surface area is 297 Å². The topological polar surface area (TPSA) is 44.9 Å². The van der Waals surface area contributed by atoms with E-state index in [0.29, 0.717) is 17.4 Å². The summed E-state index contributed by atoms with van der Waals surface area (Å²) in [5, 5.41) is 7.28. The van der Waals surface area contributed by atoms with Crippen LogP contribution in [0.5, 0.6) is 11.5 Å². The second-order valence-corrected chi connectivity index (χ2v) is 12.8. The molecular formula is C42H40N4OPt. The van der Waals surface area contributed by atoms with Crippen molar-refractivity contribution in [3.8, 4) is 34.1 Å². The molecule has 0 atom stereocenters. The van der Waals surface area contributed by atoms with E-state index in [0.717, 1.165) is 75.3 Å². The first-order valence-electron chi connectivity index (χ1n) is 16.6. The standard InChI is InChI=1S/C42H40N4O.Pt/c1-7-8-12-31-22-34(46-30(6)42(29(5)44-46)32-13-10-9-11-14-32)25-36(23-31)47-35-16-17-37-38-24-33(27(2)3)15-18-39(38)45(40(37)26-35)41-21-28(4)19-20-43-41;/h9-11,13-24,27H,7-8,12H2,1-6H3;/q-2;+2. The predicted octanol–water partition coefficient (Wildman–Crippen LogP) is 10.8. The van der Waals surface area contributed by atoms with Gasteiger partial charge >= 0.3 is 21.1 Å². The molecule has 4 aromatic carbocycles. The second-order valence-electron chi connectivity index (χ2n) is 12.8. The third-order valence-corrected chi connectivity index (χ3v) is 8.98. The molecule has 5 nitrogen and oxygen atoms in total. The molecule has 48 heavy (non-hydrogen) atoms. The summed E-state index contributed by atoms with van der Waals surface area (Å²) >= 11 is 0. The largest absolute Gasteiger partial charge is 2.00 e. The Morgan fingerprint density at radius 2 is 1.65 bits per heavy atom. The van der Waals surface area contributed by atoms with E-state index in [2.05, 4.69) is 125 Å². The maximum Gasteiger partial charge on any atom is 2.00 e. The normalized spacial score (nSPS) is 11.4. The molecule has 244 valence electrons. The third kappa shape index (κ3) is 6.36. The van der Waals surface area contributed by atoms with Crippen LogP contribution in [0, 0.1) is 32.9 Å². The van der Waals surface area contributed by atoms with Gasteiger partial charge in [0.2, 0.25) is 0 Å². The van der Waals surface area contributed by atoms with Crippen LogP contribution in [-0.2, 0) is 27.5 Å². The minimum absolute atomic E-state index is 0. The molecule has 0 amide bonds. The van der Waals surface area contributed by atoms with Gasteiger partial charge in [-0.15, -0.1) is 35.7 Å². The quantitative estimate of drug-likeness (QED) is 0.136. The van der Waals surface area contributed by atoms with Crippen LogP contribution < -0.4 is 4.74 Å². The van der Waals surface area contributed by atoms with E-state index >= 15 is 0 Å². The van der Waals surface area contributed by atoms with Crippen LogP contribution in [0.2, 0.25) is 0 Å². The molecule has 0 radical (unpaired) electrons. The van der Waals surface area contributed by atoms with Gasteiger partial charge in [-0.2, -0.15) is 16.7 Å². The fourth-order valence-corrected chi connectivity index (χ4v) is 6.54. The van der Waals surface area contributed by atoms with Gasteiger partial charge < -0.3 is 9.30 Å². The number of pyridine rings is 1. The van der Waals surface area contributed by atoms with Crippen molar-refractivity contribution in [1.82, 2.24) is 19.3 Å². The van der Waals surface area contributed by atoms with Crippen molar-refractivity contribution in [2.75, 3.05) is 0 Å².